The van der Waals surface area contributed by atoms with Crippen molar-refractivity contribution in [2.24, 2.45) is 0 Å². The third-order valence-electron chi connectivity index (χ3n) is 5.01. The van der Waals surface area contributed by atoms with E-state index in [1.165, 1.54) is 11.8 Å². The number of benzene rings is 2. The highest BCUT2D eigenvalue weighted by Crippen LogP contribution is 2.29. The van der Waals surface area contributed by atoms with Gasteiger partial charge in [0.15, 0.2) is 0 Å². The lowest BCUT2D eigenvalue weighted by molar-refractivity contribution is -0.119. The number of para-hydroxylation sites is 2. The number of anilines is 1. The van der Waals surface area contributed by atoms with E-state index in [1.54, 1.807) is 19.1 Å². The zero-order valence-corrected chi connectivity index (χ0v) is 18.6. The molecule has 0 saturated carbocycles. The van der Waals surface area contributed by atoms with Crippen LogP contribution in [0.2, 0.25) is 0 Å². The first-order chi connectivity index (χ1) is 15.6. The van der Waals surface area contributed by atoms with Gasteiger partial charge in [-0.25, -0.2) is 14.8 Å². The highest BCUT2D eigenvalue weighted by molar-refractivity contribution is 8.00. The smallest absolute Gasteiger partial charge is 0.325 e. The molecule has 1 aromatic heterocycles. The first kappa shape index (κ1) is 22.2. The van der Waals surface area contributed by atoms with Crippen LogP contribution in [0.25, 0.3) is 10.9 Å². The molecule has 4 rings (SSSR count). The monoisotopic (exact) mass is 451 g/mol. The average molecular weight is 452 g/mol. The maximum absolute atomic E-state index is 12.6. The fraction of sp³-hybridized carbons (Fsp3) is 0.304. The number of nitrogens with zero attached hydrogens (tertiary/aromatic N) is 3. The Labute approximate surface area is 190 Å². The fourth-order valence-corrected chi connectivity index (χ4v) is 4.29. The van der Waals surface area contributed by atoms with E-state index in [1.807, 2.05) is 42.5 Å². The number of hydrogen-bond donors (Lipinski definition) is 2. The maximum Gasteiger partial charge on any atom is 0.325 e. The molecule has 1 atom stereocenters. The number of carbonyl (C=O) groups excluding carboxylic acids is 2. The molecule has 0 spiro atoms. The Kier molecular flexibility index (Phi) is 7.31. The van der Waals surface area contributed by atoms with E-state index in [0.29, 0.717) is 31.3 Å². The molecule has 2 heterocycles. The van der Waals surface area contributed by atoms with Crippen LogP contribution in [0.1, 0.15) is 12.7 Å². The Hall–Kier alpha value is -3.01. The summed E-state index contributed by atoms with van der Waals surface area (Å²) in [6, 6.07) is 16.2. The van der Waals surface area contributed by atoms with Gasteiger partial charge in [0, 0.05) is 24.2 Å². The minimum Gasteiger partial charge on any atom is -0.379 e. The van der Waals surface area contributed by atoms with Crippen molar-refractivity contribution in [2.45, 2.75) is 23.7 Å². The number of nitrogens with one attached hydrogen (secondary N) is 2. The molecule has 1 aliphatic heterocycles. The molecular formula is C23H25N5O3S. The van der Waals surface area contributed by atoms with Crippen molar-refractivity contribution in [3.8, 4) is 0 Å². The van der Waals surface area contributed by atoms with Gasteiger partial charge in [0.1, 0.15) is 10.9 Å². The summed E-state index contributed by atoms with van der Waals surface area (Å²) in [5.74, 6) is 0.323. The molecule has 3 amide bonds. The van der Waals surface area contributed by atoms with Gasteiger partial charge >= 0.3 is 6.03 Å². The zero-order chi connectivity index (χ0) is 22.3. The van der Waals surface area contributed by atoms with E-state index in [-0.39, 0.29) is 5.91 Å². The minimum atomic E-state index is -0.561. The number of ether oxygens (including phenoxy) is 1. The van der Waals surface area contributed by atoms with Crippen molar-refractivity contribution in [2.75, 3.05) is 31.6 Å². The molecular weight excluding hydrogens is 426 g/mol. The number of fused-ring (bicyclic) bond motifs is 1. The van der Waals surface area contributed by atoms with Crippen LogP contribution in [0.15, 0.2) is 59.6 Å². The number of aromatic nitrogens is 2. The first-order valence-electron chi connectivity index (χ1n) is 10.5. The Morgan fingerprint density at radius 1 is 1.06 bits per heavy atom. The van der Waals surface area contributed by atoms with Crippen LogP contribution in [-0.2, 0) is 16.1 Å². The number of amides is 3. The van der Waals surface area contributed by atoms with Crippen LogP contribution in [-0.4, -0.2) is 58.4 Å². The summed E-state index contributed by atoms with van der Waals surface area (Å²) in [5.41, 5.74) is 1.45. The lowest BCUT2D eigenvalue weighted by atomic mass is 10.2. The lowest BCUT2D eigenvalue weighted by Crippen LogP contribution is -2.39. The second kappa shape index (κ2) is 10.5. The third-order valence-corrected chi connectivity index (χ3v) is 6.11. The summed E-state index contributed by atoms with van der Waals surface area (Å²) in [5, 5.41) is 6.15. The Balaban J connectivity index is 1.45. The number of morpholine rings is 1. The van der Waals surface area contributed by atoms with Gasteiger partial charge in [-0.2, -0.15) is 0 Å². The standard InChI is InChI=1S/C23H25N5O3S/c1-16(21(29)27-23(30)24-17-7-3-2-4-8-17)32-22-18-9-5-6-10-19(18)25-20(26-22)15-28-11-13-31-14-12-28/h2-10,16H,11-15H2,1H3,(H2,24,27,29,30)/t16-/m1/s1. The van der Waals surface area contributed by atoms with Crippen LogP contribution in [0.4, 0.5) is 10.5 Å². The summed E-state index contributed by atoms with van der Waals surface area (Å²) in [4.78, 5) is 36.5. The van der Waals surface area contributed by atoms with Gasteiger partial charge in [-0.15, -0.1) is 0 Å². The van der Waals surface area contributed by atoms with Crippen molar-refractivity contribution < 1.29 is 14.3 Å². The largest absolute Gasteiger partial charge is 0.379 e. The van der Waals surface area contributed by atoms with Crippen LogP contribution in [0, 0.1) is 0 Å². The predicted octanol–water partition coefficient (Wildman–Crippen LogP) is 3.29. The van der Waals surface area contributed by atoms with Gasteiger partial charge in [0.05, 0.1) is 30.5 Å². The normalized spacial score (nSPS) is 15.3. The predicted molar refractivity (Wildman–Crippen MR) is 125 cm³/mol. The molecule has 8 nitrogen and oxygen atoms in total. The number of hydrogen-bond acceptors (Lipinski definition) is 7. The third kappa shape index (κ3) is 5.82. The van der Waals surface area contributed by atoms with E-state index < -0.39 is 11.3 Å². The van der Waals surface area contributed by atoms with Crippen molar-refractivity contribution in [1.29, 1.82) is 0 Å². The molecule has 0 aliphatic carbocycles. The zero-order valence-electron chi connectivity index (χ0n) is 17.8. The van der Waals surface area contributed by atoms with Crippen molar-refractivity contribution >= 4 is 40.3 Å². The highest BCUT2D eigenvalue weighted by atomic mass is 32.2. The van der Waals surface area contributed by atoms with Crippen LogP contribution < -0.4 is 10.6 Å². The molecule has 1 fully saturated rings. The van der Waals surface area contributed by atoms with Gasteiger partial charge in [-0.05, 0) is 25.1 Å². The van der Waals surface area contributed by atoms with Gasteiger partial charge in [-0.1, -0.05) is 48.2 Å². The number of carbonyl (C=O) groups is 2. The van der Waals surface area contributed by atoms with Crippen LogP contribution in [0.3, 0.4) is 0 Å². The van der Waals surface area contributed by atoms with E-state index >= 15 is 0 Å². The van der Waals surface area contributed by atoms with Crippen LogP contribution >= 0.6 is 11.8 Å². The molecule has 9 heteroatoms. The van der Waals surface area contributed by atoms with Crippen molar-refractivity contribution in [1.82, 2.24) is 20.2 Å². The molecule has 0 radical (unpaired) electrons. The second-order valence-corrected chi connectivity index (χ2v) is 8.75. The molecule has 0 unspecified atom stereocenters. The highest BCUT2D eigenvalue weighted by Gasteiger charge is 2.21. The van der Waals surface area contributed by atoms with Crippen LogP contribution in [0.5, 0.6) is 0 Å². The lowest BCUT2D eigenvalue weighted by Gasteiger charge is -2.26. The summed E-state index contributed by atoms with van der Waals surface area (Å²) >= 11 is 1.32. The summed E-state index contributed by atoms with van der Waals surface area (Å²) in [7, 11) is 0. The molecule has 166 valence electrons. The fourth-order valence-electron chi connectivity index (χ4n) is 3.33. The minimum absolute atomic E-state index is 0.388. The molecule has 0 bridgehead atoms. The van der Waals surface area contributed by atoms with Gasteiger partial charge in [-0.3, -0.25) is 15.0 Å². The first-order valence-corrected chi connectivity index (χ1v) is 11.4. The maximum atomic E-state index is 12.6. The second-order valence-electron chi connectivity index (χ2n) is 7.42. The van der Waals surface area contributed by atoms with Gasteiger partial charge in [0.25, 0.3) is 0 Å². The van der Waals surface area contributed by atoms with E-state index in [0.717, 1.165) is 29.0 Å². The van der Waals surface area contributed by atoms with E-state index in [4.69, 9.17) is 14.7 Å². The Morgan fingerprint density at radius 2 is 1.78 bits per heavy atom. The molecule has 32 heavy (non-hydrogen) atoms. The van der Waals surface area contributed by atoms with Gasteiger partial charge in [0.2, 0.25) is 5.91 Å². The Bertz CT molecular complexity index is 1090. The number of imide groups is 1. The number of thioether (sulfide) groups is 1. The van der Waals surface area contributed by atoms with Crippen molar-refractivity contribution in [3.05, 3.63) is 60.4 Å². The van der Waals surface area contributed by atoms with E-state index in [9.17, 15) is 9.59 Å². The average Bonchev–Trinajstić information content (AvgIpc) is 2.80. The van der Waals surface area contributed by atoms with Crippen molar-refractivity contribution in [3.63, 3.8) is 0 Å². The summed E-state index contributed by atoms with van der Waals surface area (Å²) in [6.45, 7) is 5.48. The Morgan fingerprint density at radius 3 is 2.56 bits per heavy atom. The van der Waals surface area contributed by atoms with E-state index in [2.05, 4.69) is 15.5 Å². The molecule has 2 N–H and O–H groups in total. The number of rotatable bonds is 6. The topological polar surface area (TPSA) is 96.4 Å². The molecule has 1 saturated heterocycles. The quantitative estimate of drug-likeness (QED) is 0.438. The SMILES string of the molecule is C[C@@H](Sc1nc(CN2CCOCC2)nc2ccccc12)C(=O)NC(=O)Nc1ccccc1. The summed E-state index contributed by atoms with van der Waals surface area (Å²) < 4.78 is 5.42. The molecule has 3 aromatic rings. The summed E-state index contributed by atoms with van der Waals surface area (Å²) in [6.07, 6.45) is 0. The molecule has 2 aromatic carbocycles. The molecule has 1 aliphatic rings. The number of urea groups is 1. The van der Waals surface area contributed by atoms with Gasteiger partial charge < -0.3 is 10.1 Å².